The van der Waals surface area contributed by atoms with Crippen molar-refractivity contribution in [3.05, 3.63) is 29.3 Å². The number of methoxy groups -OCH3 is 1. The van der Waals surface area contributed by atoms with Crippen molar-refractivity contribution in [2.75, 3.05) is 26.9 Å². The van der Waals surface area contributed by atoms with Crippen LogP contribution in [0.1, 0.15) is 15.9 Å². The van der Waals surface area contributed by atoms with Gasteiger partial charge in [0.1, 0.15) is 24.6 Å². The third kappa shape index (κ3) is 3.58. The fraction of sp³-hybridized carbons (Fsp3) is 0.562. The molecule has 2 aliphatic heterocycles. The molecular weight excluding hydrogens is 343 g/mol. The summed E-state index contributed by atoms with van der Waals surface area (Å²) in [5.41, 5.74) is 0.643. The zero-order chi connectivity index (χ0) is 18.2. The molecule has 25 heavy (non-hydrogen) atoms. The second-order valence-electron chi connectivity index (χ2n) is 6.07. The third-order valence-corrected chi connectivity index (χ3v) is 4.44. The number of rotatable bonds is 3. The molecule has 0 bridgehead atoms. The Morgan fingerprint density at radius 3 is 2.64 bits per heavy atom. The van der Waals surface area contributed by atoms with Crippen molar-refractivity contribution in [3.8, 4) is 5.75 Å². The largest absolute Gasteiger partial charge is 0.491 e. The smallest absolute Gasteiger partial charge is 0.407 e. The average molecular weight is 361 g/mol. The van der Waals surface area contributed by atoms with E-state index in [0.717, 1.165) is 4.90 Å². The number of fused-ring (bicyclic) bond motifs is 1. The summed E-state index contributed by atoms with van der Waals surface area (Å²) in [4.78, 5) is 12.6. The Kier molecular flexibility index (Phi) is 4.90. The minimum absolute atomic E-state index is 0.154. The lowest BCUT2D eigenvalue weighted by molar-refractivity contribution is -0.234. The van der Waals surface area contributed by atoms with Gasteiger partial charge < -0.3 is 19.3 Å². The molecular formula is C16H18F3NO5. The van der Waals surface area contributed by atoms with Crippen LogP contribution in [0.15, 0.2) is 18.2 Å². The van der Waals surface area contributed by atoms with Crippen LogP contribution in [0.3, 0.4) is 0 Å². The molecule has 0 aliphatic carbocycles. The zero-order valence-electron chi connectivity index (χ0n) is 13.5. The number of aliphatic hydroxyl groups excluding tert-OH is 1. The van der Waals surface area contributed by atoms with Gasteiger partial charge >= 0.3 is 12.1 Å². The number of hydrogen-bond donors (Lipinski definition) is 1. The van der Waals surface area contributed by atoms with Crippen LogP contribution in [0.25, 0.3) is 0 Å². The fourth-order valence-corrected chi connectivity index (χ4v) is 2.89. The van der Waals surface area contributed by atoms with Gasteiger partial charge in [0.15, 0.2) is 0 Å². The SMILES string of the molecule is COC(=O)c1ccc2c(c1)OC[C@H](C(F)(F)F)N(C(O)C1COC1)C2. The Morgan fingerprint density at radius 1 is 1.36 bits per heavy atom. The van der Waals surface area contributed by atoms with Crippen LogP contribution in [0.4, 0.5) is 13.2 Å². The van der Waals surface area contributed by atoms with Gasteiger partial charge in [0.05, 0.1) is 25.9 Å². The number of aliphatic hydroxyl groups is 1. The standard InChI is InChI=1S/C16H18F3NO5/c1-23-15(22)9-2-3-10-5-20(14(21)11-6-24-7-11)13(16(17,18)19)8-25-12(10)4-9/h2-4,11,13-14,21H,5-8H2,1H3/t13-,14?/m1/s1. The maximum Gasteiger partial charge on any atom is 0.407 e. The van der Waals surface area contributed by atoms with E-state index in [9.17, 15) is 23.1 Å². The van der Waals surface area contributed by atoms with E-state index in [4.69, 9.17) is 9.47 Å². The molecule has 1 aromatic rings. The van der Waals surface area contributed by atoms with Crippen molar-refractivity contribution in [1.29, 1.82) is 0 Å². The number of hydrogen-bond acceptors (Lipinski definition) is 6. The lowest BCUT2D eigenvalue weighted by Crippen LogP contribution is -2.57. The molecule has 1 aromatic carbocycles. The summed E-state index contributed by atoms with van der Waals surface area (Å²) in [6, 6.07) is 2.37. The van der Waals surface area contributed by atoms with Gasteiger partial charge in [-0.25, -0.2) is 4.79 Å². The van der Waals surface area contributed by atoms with Crippen molar-refractivity contribution in [2.24, 2.45) is 5.92 Å². The van der Waals surface area contributed by atoms with Gasteiger partial charge in [0.25, 0.3) is 0 Å². The molecule has 1 unspecified atom stereocenters. The van der Waals surface area contributed by atoms with E-state index in [1.807, 2.05) is 0 Å². The van der Waals surface area contributed by atoms with E-state index in [0.29, 0.717) is 5.56 Å². The molecule has 0 aromatic heterocycles. The number of ether oxygens (including phenoxy) is 3. The van der Waals surface area contributed by atoms with Crippen LogP contribution < -0.4 is 4.74 Å². The summed E-state index contributed by atoms with van der Waals surface area (Å²) in [7, 11) is 1.22. The van der Waals surface area contributed by atoms with Gasteiger partial charge in [0.2, 0.25) is 0 Å². The average Bonchev–Trinajstić information content (AvgIpc) is 2.70. The molecule has 2 aliphatic rings. The van der Waals surface area contributed by atoms with Crippen LogP contribution in [0.5, 0.6) is 5.75 Å². The van der Waals surface area contributed by atoms with Crippen molar-refractivity contribution in [2.45, 2.75) is 25.0 Å². The van der Waals surface area contributed by atoms with E-state index < -0.39 is 31.0 Å². The number of esters is 1. The van der Waals surface area contributed by atoms with Crippen molar-refractivity contribution in [1.82, 2.24) is 4.90 Å². The van der Waals surface area contributed by atoms with Gasteiger partial charge in [-0.15, -0.1) is 0 Å². The van der Waals surface area contributed by atoms with E-state index >= 15 is 0 Å². The van der Waals surface area contributed by atoms with E-state index in [2.05, 4.69) is 4.74 Å². The first kappa shape index (κ1) is 18.0. The van der Waals surface area contributed by atoms with Crippen LogP contribution in [0, 0.1) is 5.92 Å². The summed E-state index contributed by atoms with van der Waals surface area (Å²) >= 11 is 0. The topological polar surface area (TPSA) is 68.2 Å². The van der Waals surface area contributed by atoms with E-state index in [1.165, 1.54) is 25.3 Å². The highest BCUT2D eigenvalue weighted by atomic mass is 19.4. The van der Waals surface area contributed by atoms with Crippen molar-refractivity contribution < 1.29 is 37.3 Å². The van der Waals surface area contributed by atoms with Crippen LogP contribution in [-0.4, -0.2) is 61.4 Å². The molecule has 2 heterocycles. The first-order chi connectivity index (χ1) is 11.8. The second kappa shape index (κ2) is 6.81. The summed E-state index contributed by atoms with van der Waals surface area (Å²) < 4.78 is 55.3. The molecule has 3 rings (SSSR count). The molecule has 0 amide bonds. The Bertz CT molecular complexity index is 647. The highest BCUT2D eigenvalue weighted by molar-refractivity contribution is 5.89. The first-order valence-electron chi connectivity index (χ1n) is 7.73. The lowest BCUT2D eigenvalue weighted by atomic mass is 10.0. The number of alkyl halides is 3. The number of nitrogens with zero attached hydrogens (tertiary/aromatic N) is 1. The molecule has 6 nitrogen and oxygen atoms in total. The normalized spacial score (nSPS) is 23.0. The molecule has 0 saturated carbocycles. The Morgan fingerprint density at radius 2 is 2.08 bits per heavy atom. The lowest BCUT2D eigenvalue weighted by Gasteiger charge is -2.40. The summed E-state index contributed by atoms with van der Waals surface area (Å²) in [6.07, 6.45) is -5.87. The predicted octanol–water partition coefficient (Wildman–Crippen LogP) is 1.56. The van der Waals surface area contributed by atoms with Gasteiger partial charge in [-0.2, -0.15) is 13.2 Å². The second-order valence-corrected chi connectivity index (χ2v) is 6.07. The monoisotopic (exact) mass is 361 g/mol. The van der Waals surface area contributed by atoms with Crippen LogP contribution in [0.2, 0.25) is 0 Å². The maximum atomic E-state index is 13.5. The maximum absolute atomic E-state index is 13.5. The molecule has 1 fully saturated rings. The summed E-state index contributed by atoms with van der Waals surface area (Å²) in [5.74, 6) is -0.802. The molecule has 0 spiro atoms. The molecule has 2 atom stereocenters. The van der Waals surface area contributed by atoms with Gasteiger partial charge in [-0.1, -0.05) is 6.07 Å². The summed E-state index contributed by atoms with van der Waals surface area (Å²) in [5, 5.41) is 10.4. The fourth-order valence-electron chi connectivity index (χ4n) is 2.89. The van der Waals surface area contributed by atoms with Gasteiger partial charge in [0, 0.05) is 18.0 Å². The first-order valence-corrected chi connectivity index (χ1v) is 7.73. The molecule has 0 radical (unpaired) electrons. The van der Waals surface area contributed by atoms with Gasteiger partial charge in [-0.3, -0.25) is 4.90 Å². The number of benzene rings is 1. The highest BCUT2D eigenvalue weighted by Crippen LogP contribution is 2.35. The Hall–Kier alpha value is -1.84. The van der Waals surface area contributed by atoms with Crippen molar-refractivity contribution >= 4 is 5.97 Å². The Balaban J connectivity index is 1.91. The van der Waals surface area contributed by atoms with Crippen LogP contribution >= 0.6 is 0 Å². The summed E-state index contributed by atoms with van der Waals surface area (Å²) in [6.45, 7) is -0.390. The molecule has 1 N–H and O–H groups in total. The zero-order valence-corrected chi connectivity index (χ0v) is 13.5. The van der Waals surface area contributed by atoms with Crippen LogP contribution in [-0.2, 0) is 16.0 Å². The van der Waals surface area contributed by atoms with Crippen molar-refractivity contribution in [3.63, 3.8) is 0 Å². The minimum atomic E-state index is -4.57. The number of carbonyl (C=O) groups is 1. The molecule has 138 valence electrons. The highest BCUT2D eigenvalue weighted by Gasteiger charge is 2.49. The third-order valence-electron chi connectivity index (χ3n) is 4.44. The van der Waals surface area contributed by atoms with E-state index in [-0.39, 0.29) is 37.0 Å². The quantitative estimate of drug-likeness (QED) is 0.825. The number of carbonyl (C=O) groups excluding carboxylic acids is 1. The Labute approximate surface area is 142 Å². The molecule has 9 heteroatoms. The predicted molar refractivity (Wildman–Crippen MR) is 79.0 cm³/mol. The molecule has 1 saturated heterocycles. The number of halogens is 3. The van der Waals surface area contributed by atoms with E-state index in [1.54, 1.807) is 0 Å². The van der Waals surface area contributed by atoms with Gasteiger partial charge in [-0.05, 0) is 12.1 Å². The minimum Gasteiger partial charge on any atom is -0.491 e.